The lowest BCUT2D eigenvalue weighted by molar-refractivity contribution is -0.141. The molecule has 1 aliphatic rings. The predicted molar refractivity (Wildman–Crippen MR) is 113 cm³/mol. The molecule has 0 fully saturated rings. The van der Waals surface area contributed by atoms with Gasteiger partial charge in [-0.25, -0.2) is 15.0 Å². The zero-order valence-electron chi connectivity index (χ0n) is 16.4. The van der Waals surface area contributed by atoms with Crippen LogP contribution in [0.5, 0.6) is 0 Å². The number of hydrogen-bond donors (Lipinski definition) is 0. The van der Waals surface area contributed by atoms with E-state index in [-0.39, 0.29) is 0 Å². The molecular weight excluding hydrogens is 473 g/mol. The summed E-state index contributed by atoms with van der Waals surface area (Å²) in [5.74, 6) is 0.590. The van der Waals surface area contributed by atoms with Gasteiger partial charge >= 0.3 is 6.18 Å². The number of anilines is 3. The minimum absolute atomic E-state index is 0.472. The van der Waals surface area contributed by atoms with Gasteiger partial charge in [0.2, 0.25) is 0 Å². The standard InChI is InChI=1S/C21H16BrF3N6/c1-30(15-3-5-19(27-10-15)21(23,24)25)20-16-11-31(7-6-17(16)28-12-29-20)18-4-2-14(22)8-13(18)9-26/h2-5,8,10,12H,6-7,11H2,1H3. The van der Waals surface area contributed by atoms with Crippen LogP contribution in [0, 0.1) is 11.3 Å². The first kappa shape index (κ1) is 21.1. The van der Waals surface area contributed by atoms with Crippen LogP contribution in [0.2, 0.25) is 0 Å². The molecule has 158 valence electrons. The Kier molecular flexibility index (Phi) is 5.54. The van der Waals surface area contributed by atoms with Crippen LogP contribution in [0.25, 0.3) is 0 Å². The van der Waals surface area contributed by atoms with Gasteiger partial charge in [-0.05, 0) is 30.3 Å². The maximum Gasteiger partial charge on any atom is 0.433 e. The van der Waals surface area contributed by atoms with Crippen LogP contribution >= 0.6 is 15.9 Å². The lowest BCUT2D eigenvalue weighted by Gasteiger charge is -2.33. The van der Waals surface area contributed by atoms with Gasteiger partial charge in [0.15, 0.2) is 0 Å². The highest BCUT2D eigenvalue weighted by molar-refractivity contribution is 9.10. The van der Waals surface area contributed by atoms with Crippen molar-refractivity contribution in [2.45, 2.75) is 19.1 Å². The van der Waals surface area contributed by atoms with Crippen molar-refractivity contribution >= 4 is 33.1 Å². The predicted octanol–water partition coefficient (Wildman–Crippen LogP) is 4.86. The van der Waals surface area contributed by atoms with E-state index in [1.54, 1.807) is 18.0 Å². The normalized spacial score (nSPS) is 13.5. The van der Waals surface area contributed by atoms with Crippen LogP contribution in [0.1, 0.15) is 22.5 Å². The summed E-state index contributed by atoms with van der Waals surface area (Å²) in [5.41, 5.74) is 2.64. The highest BCUT2D eigenvalue weighted by atomic mass is 79.9. The van der Waals surface area contributed by atoms with Crippen LogP contribution in [0.15, 0.2) is 47.3 Å². The van der Waals surface area contributed by atoms with E-state index in [9.17, 15) is 18.4 Å². The molecule has 0 unspecified atom stereocenters. The molecule has 3 aromatic rings. The van der Waals surface area contributed by atoms with Gasteiger partial charge in [-0.1, -0.05) is 15.9 Å². The SMILES string of the molecule is CN(c1ccc(C(F)(F)F)nc1)c1ncnc2c1CN(c1ccc(Br)cc1C#N)CC2. The molecular formula is C21H16BrF3N6. The average molecular weight is 489 g/mol. The Labute approximate surface area is 185 Å². The lowest BCUT2D eigenvalue weighted by atomic mass is 10.0. The largest absolute Gasteiger partial charge is 0.433 e. The molecule has 0 spiro atoms. The first-order valence-electron chi connectivity index (χ1n) is 9.32. The Bertz CT molecular complexity index is 1160. The molecule has 0 bridgehead atoms. The zero-order valence-corrected chi connectivity index (χ0v) is 17.9. The molecule has 3 heterocycles. The number of benzene rings is 1. The third-order valence-electron chi connectivity index (χ3n) is 5.14. The fourth-order valence-electron chi connectivity index (χ4n) is 3.57. The van der Waals surface area contributed by atoms with Crippen molar-refractivity contribution in [2.75, 3.05) is 23.4 Å². The molecule has 0 aliphatic carbocycles. The summed E-state index contributed by atoms with van der Waals surface area (Å²) in [4.78, 5) is 16.1. The fourth-order valence-corrected chi connectivity index (χ4v) is 3.93. The molecule has 6 nitrogen and oxygen atoms in total. The maximum absolute atomic E-state index is 12.8. The number of rotatable bonds is 3. The Morgan fingerprint density at radius 2 is 1.97 bits per heavy atom. The smallest absolute Gasteiger partial charge is 0.366 e. The molecule has 4 rings (SSSR count). The summed E-state index contributed by atoms with van der Waals surface area (Å²) in [6, 6.07) is 10.1. The number of nitriles is 1. The van der Waals surface area contributed by atoms with E-state index < -0.39 is 11.9 Å². The van der Waals surface area contributed by atoms with E-state index in [1.165, 1.54) is 18.6 Å². The molecule has 10 heteroatoms. The highest BCUT2D eigenvalue weighted by Crippen LogP contribution is 2.34. The fraction of sp³-hybridized carbons (Fsp3) is 0.238. The second kappa shape index (κ2) is 8.15. The van der Waals surface area contributed by atoms with Crippen molar-refractivity contribution in [3.63, 3.8) is 0 Å². The summed E-state index contributed by atoms with van der Waals surface area (Å²) in [6.45, 7) is 1.16. The number of hydrogen-bond acceptors (Lipinski definition) is 6. The van der Waals surface area contributed by atoms with Gasteiger partial charge in [-0.2, -0.15) is 18.4 Å². The summed E-state index contributed by atoms with van der Waals surface area (Å²) in [5, 5.41) is 9.52. The molecule has 1 aliphatic heterocycles. The van der Waals surface area contributed by atoms with Crippen LogP contribution in [0.3, 0.4) is 0 Å². The summed E-state index contributed by atoms with van der Waals surface area (Å²) in [7, 11) is 1.73. The number of aromatic nitrogens is 3. The van der Waals surface area contributed by atoms with Gasteiger partial charge in [-0.3, -0.25) is 0 Å². The molecule has 0 amide bonds. The molecule has 0 saturated carbocycles. The van der Waals surface area contributed by atoms with Crippen molar-refractivity contribution in [3.8, 4) is 6.07 Å². The summed E-state index contributed by atoms with van der Waals surface area (Å²) < 4.78 is 39.3. The van der Waals surface area contributed by atoms with Crippen molar-refractivity contribution < 1.29 is 13.2 Å². The molecule has 0 N–H and O–H groups in total. The highest BCUT2D eigenvalue weighted by Gasteiger charge is 2.32. The van der Waals surface area contributed by atoms with Crippen molar-refractivity contribution in [2.24, 2.45) is 0 Å². The van der Waals surface area contributed by atoms with Crippen LogP contribution in [0.4, 0.5) is 30.4 Å². The van der Waals surface area contributed by atoms with E-state index in [0.29, 0.717) is 36.6 Å². The van der Waals surface area contributed by atoms with Crippen molar-refractivity contribution in [1.82, 2.24) is 15.0 Å². The first-order valence-corrected chi connectivity index (χ1v) is 10.1. The van der Waals surface area contributed by atoms with E-state index in [4.69, 9.17) is 0 Å². The molecule has 0 atom stereocenters. The van der Waals surface area contributed by atoms with E-state index >= 15 is 0 Å². The third-order valence-corrected chi connectivity index (χ3v) is 5.64. The summed E-state index contributed by atoms with van der Waals surface area (Å²) in [6.07, 6.45) is -1.20. The van der Waals surface area contributed by atoms with Crippen LogP contribution in [-0.2, 0) is 19.1 Å². The molecule has 2 aromatic heterocycles. The molecule has 31 heavy (non-hydrogen) atoms. The van der Waals surface area contributed by atoms with Gasteiger partial charge in [0.25, 0.3) is 0 Å². The monoisotopic (exact) mass is 488 g/mol. The van der Waals surface area contributed by atoms with Crippen LogP contribution < -0.4 is 9.80 Å². The quantitative estimate of drug-likeness (QED) is 0.524. The van der Waals surface area contributed by atoms with Gasteiger partial charge in [0, 0.05) is 36.6 Å². The molecule has 1 aromatic carbocycles. The maximum atomic E-state index is 12.8. The lowest BCUT2D eigenvalue weighted by Crippen LogP contribution is -2.33. The average Bonchev–Trinajstić information content (AvgIpc) is 2.77. The summed E-state index contributed by atoms with van der Waals surface area (Å²) >= 11 is 3.39. The van der Waals surface area contributed by atoms with Crippen molar-refractivity contribution in [1.29, 1.82) is 5.26 Å². The Morgan fingerprint density at radius 1 is 1.16 bits per heavy atom. The number of fused-ring (bicyclic) bond motifs is 1. The number of alkyl halides is 3. The van der Waals surface area contributed by atoms with E-state index in [2.05, 4.69) is 41.9 Å². The third kappa shape index (κ3) is 4.18. The topological polar surface area (TPSA) is 68.9 Å². The minimum atomic E-state index is -4.49. The second-order valence-corrected chi connectivity index (χ2v) is 7.94. The Hall–Kier alpha value is -3.19. The van der Waals surface area contributed by atoms with Crippen molar-refractivity contribution in [3.05, 3.63) is 69.8 Å². The molecule has 0 radical (unpaired) electrons. The number of halogens is 4. The van der Waals surface area contributed by atoms with Gasteiger partial charge in [-0.15, -0.1) is 0 Å². The minimum Gasteiger partial charge on any atom is -0.366 e. The van der Waals surface area contributed by atoms with Gasteiger partial charge in [0.05, 0.1) is 28.8 Å². The Balaban J connectivity index is 1.67. The van der Waals surface area contributed by atoms with E-state index in [1.807, 2.05) is 12.1 Å². The number of nitrogens with zero attached hydrogens (tertiary/aromatic N) is 6. The van der Waals surface area contributed by atoms with Gasteiger partial charge < -0.3 is 9.80 Å². The Morgan fingerprint density at radius 3 is 2.65 bits per heavy atom. The molecule has 0 saturated heterocycles. The first-order chi connectivity index (χ1) is 14.8. The van der Waals surface area contributed by atoms with Crippen LogP contribution in [-0.4, -0.2) is 28.5 Å². The van der Waals surface area contributed by atoms with Gasteiger partial charge in [0.1, 0.15) is 23.9 Å². The number of pyridine rings is 1. The van der Waals surface area contributed by atoms with E-state index in [0.717, 1.165) is 27.5 Å². The zero-order chi connectivity index (χ0) is 22.2. The second-order valence-electron chi connectivity index (χ2n) is 7.03.